The normalized spacial score (nSPS) is 11.8. The SMILES string of the molecule is Cn1c(=O)c2c(nc(Cl)n2CCC(C)(C)C#N)n(C)c1=O. The molecule has 0 atom stereocenters. The van der Waals surface area contributed by atoms with Crippen LogP contribution in [-0.2, 0) is 20.6 Å². The smallest absolute Gasteiger partial charge is 0.309 e. The van der Waals surface area contributed by atoms with Crippen molar-refractivity contribution < 1.29 is 0 Å². The third kappa shape index (κ3) is 2.47. The molecule has 0 N–H and O–H groups in total. The zero-order valence-corrected chi connectivity index (χ0v) is 13.1. The van der Waals surface area contributed by atoms with Crippen molar-refractivity contribution in [1.29, 1.82) is 5.26 Å². The summed E-state index contributed by atoms with van der Waals surface area (Å²) in [5, 5.41) is 9.20. The van der Waals surface area contributed by atoms with Gasteiger partial charge in [-0.15, -0.1) is 0 Å². The fraction of sp³-hybridized carbons (Fsp3) is 0.538. The van der Waals surface area contributed by atoms with Crippen LogP contribution in [0.1, 0.15) is 20.3 Å². The third-order valence-electron chi connectivity index (χ3n) is 3.56. The lowest BCUT2D eigenvalue weighted by Crippen LogP contribution is -2.37. The van der Waals surface area contributed by atoms with Gasteiger partial charge in [-0.2, -0.15) is 10.2 Å². The highest BCUT2D eigenvalue weighted by atomic mass is 35.5. The number of nitrogens with zero attached hydrogens (tertiary/aromatic N) is 5. The first kappa shape index (κ1) is 15.3. The van der Waals surface area contributed by atoms with E-state index in [0.717, 1.165) is 4.57 Å². The van der Waals surface area contributed by atoms with Crippen LogP contribution in [0.2, 0.25) is 5.28 Å². The molecule has 2 aromatic heterocycles. The highest BCUT2D eigenvalue weighted by Crippen LogP contribution is 2.23. The predicted molar refractivity (Wildman–Crippen MR) is 79.2 cm³/mol. The van der Waals surface area contributed by atoms with E-state index in [2.05, 4.69) is 11.1 Å². The first-order chi connectivity index (χ1) is 9.69. The Kier molecular flexibility index (Phi) is 3.68. The number of halogens is 1. The topological polar surface area (TPSA) is 85.6 Å². The number of nitriles is 1. The number of aromatic nitrogens is 4. The van der Waals surface area contributed by atoms with Gasteiger partial charge in [-0.05, 0) is 31.9 Å². The zero-order chi connectivity index (χ0) is 15.9. The summed E-state index contributed by atoms with van der Waals surface area (Å²) in [5.74, 6) is 0. The summed E-state index contributed by atoms with van der Waals surface area (Å²) >= 11 is 6.09. The second-order valence-electron chi connectivity index (χ2n) is 5.66. The number of hydrogen-bond acceptors (Lipinski definition) is 4. The molecule has 2 heterocycles. The van der Waals surface area contributed by atoms with Crippen LogP contribution in [0.5, 0.6) is 0 Å². The first-order valence-electron chi connectivity index (χ1n) is 6.42. The van der Waals surface area contributed by atoms with Gasteiger partial charge in [0.15, 0.2) is 11.2 Å². The lowest BCUT2D eigenvalue weighted by molar-refractivity contribution is 0.416. The van der Waals surface area contributed by atoms with E-state index < -0.39 is 16.7 Å². The predicted octanol–water partition coefficient (Wildman–Crippen LogP) is 1.03. The van der Waals surface area contributed by atoms with Crippen LogP contribution in [0, 0.1) is 16.7 Å². The summed E-state index contributed by atoms with van der Waals surface area (Å²) in [6.07, 6.45) is 0.515. The van der Waals surface area contributed by atoms with Crippen LogP contribution in [-0.4, -0.2) is 18.7 Å². The van der Waals surface area contributed by atoms with Crippen molar-refractivity contribution in [3.05, 3.63) is 26.1 Å². The van der Waals surface area contributed by atoms with Crippen molar-refractivity contribution in [2.75, 3.05) is 0 Å². The number of aryl methyl sites for hydroxylation is 2. The monoisotopic (exact) mass is 309 g/mol. The van der Waals surface area contributed by atoms with Crippen molar-refractivity contribution in [2.24, 2.45) is 19.5 Å². The molecule has 0 radical (unpaired) electrons. The molecule has 0 saturated heterocycles. The van der Waals surface area contributed by atoms with E-state index in [1.165, 1.54) is 18.7 Å². The molecule has 0 aliphatic rings. The Morgan fingerprint density at radius 3 is 2.48 bits per heavy atom. The van der Waals surface area contributed by atoms with Gasteiger partial charge in [-0.1, -0.05) is 0 Å². The highest BCUT2D eigenvalue weighted by molar-refractivity contribution is 6.29. The maximum absolute atomic E-state index is 12.3. The molecule has 0 saturated carbocycles. The fourth-order valence-corrected chi connectivity index (χ4v) is 2.32. The molecule has 112 valence electrons. The number of rotatable bonds is 3. The van der Waals surface area contributed by atoms with Gasteiger partial charge in [0.05, 0.1) is 11.5 Å². The molecule has 0 aliphatic carbocycles. The van der Waals surface area contributed by atoms with E-state index in [0.29, 0.717) is 13.0 Å². The Morgan fingerprint density at radius 2 is 1.90 bits per heavy atom. The molecule has 0 amide bonds. The van der Waals surface area contributed by atoms with E-state index in [4.69, 9.17) is 16.9 Å². The summed E-state index contributed by atoms with van der Waals surface area (Å²) in [5.41, 5.74) is -0.902. The summed E-state index contributed by atoms with van der Waals surface area (Å²) in [6, 6.07) is 2.20. The molecule has 21 heavy (non-hydrogen) atoms. The molecule has 0 bridgehead atoms. The van der Waals surface area contributed by atoms with E-state index in [1.807, 2.05) is 13.8 Å². The first-order valence-corrected chi connectivity index (χ1v) is 6.80. The van der Waals surface area contributed by atoms with Crippen molar-refractivity contribution in [2.45, 2.75) is 26.8 Å². The van der Waals surface area contributed by atoms with Gasteiger partial charge in [0.1, 0.15) is 0 Å². The Hall–Kier alpha value is -2.07. The minimum Gasteiger partial charge on any atom is -0.309 e. The van der Waals surface area contributed by atoms with E-state index in [-0.39, 0.29) is 16.4 Å². The lowest BCUT2D eigenvalue weighted by atomic mass is 9.91. The van der Waals surface area contributed by atoms with Gasteiger partial charge in [0.25, 0.3) is 5.56 Å². The Labute approximate surface area is 126 Å². The Bertz CT molecular complexity index is 866. The average Bonchev–Trinajstić information content (AvgIpc) is 2.77. The van der Waals surface area contributed by atoms with Crippen molar-refractivity contribution >= 4 is 22.8 Å². The van der Waals surface area contributed by atoms with E-state index >= 15 is 0 Å². The van der Waals surface area contributed by atoms with Crippen molar-refractivity contribution in [1.82, 2.24) is 18.7 Å². The summed E-state index contributed by atoms with van der Waals surface area (Å²) in [7, 11) is 2.95. The van der Waals surface area contributed by atoms with Gasteiger partial charge in [0, 0.05) is 20.6 Å². The quantitative estimate of drug-likeness (QED) is 0.792. The maximum atomic E-state index is 12.3. The van der Waals surface area contributed by atoms with Gasteiger partial charge in [-0.25, -0.2) is 4.79 Å². The Morgan fingerprint density at radius 1 is 1.29 bits per heavy atom. The highest BCUT2D eigenvalue weighted by Gasteiger charge is 2.21. The number of hydrogen-bond donors (Lipinski definition) is 0. The second kappa shape index (κ2) is 5.04. The standard InChI is InChI=1S/C13H16ClN5O2/c1-13(2,7-15)5-6-19-8-9(16-11(19)14)17(3)12(21)18(4)10(8)20/h5-6H2,1-4H3. The molecule has 8 heteroatoms. The maximum Gasteiger partial charge on any atom is 0.332 e. The summed E-state index contributed by atoms with van der Waals surface area (Å²) in [4.78, 5) is 28.3. The molecule has 0 aliphatic heterocycles. The lowest BCUT2D eigenvalue weighted by Gasteiger charge is -2.15. The van der Waals surface area contributed by atoms with E-state index in [9.17, 15) is 9.59 Å². The van der Waals surface area contributed by atoms with Gasteiger partial charge in [-0.3, -0.25) is 13.9 Å². The van der Waals surface area contributed by atoms with Crippen LogP contribution in [0.3, 0.4) is 0 Å². The zero-order valence-electron chi connectivity index (χ0n) is 12.3. The van der Waals surface area contributed by atoms with Crippen molar-refractivity contribution in [3.8, 4) is 6.07 Å². The molecule has 2 rings (SSSR count). The van der Waals surface area contributed by atoms with Crippen LogP contribution in [0.15, 0.2) is 9.59 Å². The molecule has 0 spiro atoms. The van der Waals surface area contributed by atoms with Gasteiger partial charge < -0.3 is 4.57 Å². The van der Waals surface area contributed by atoms with Gasteiger partial charge >= 0.3 is 5.69 Å². The Balaban J connectivity index is 2.67. The van der Waals surface area contributed by atoms with Crippen molar-refractivity contribution in [3.63, 3.8) is 0 Å². The second-order valence-corrected chi connectivity index (χ2v) is 5.99. The summed E-state index contributed by atoms with van der Waals surface area (Å²) < 4.78 is 3.86. The van der Waals surface area contributed by atoms with Crippen LogP contribution in [0.25, 0.3) is 11.2 Å². The molecule has 0 unspecified atom stereocenters. The number of fused-ring (bicyclic) bond motifs is 1. The van der Waals surface area contributed by atoms with Crippen LogP contribution >= 0.6 is 11.6 Å². The minimum atomic E-state index is -0.536. The molecule has 0 aromatic carbocycles. The molecule has 2 aromatic rings. The third-order valence-corrected chi connectivity index (χ3v) is 3.85. The molecular formula is C13H16ClN5O2. The fourth-order valence-electron chi connectivity index (χ4n) is 2.07. The van der Waals surface area contributed by atoms with Crippen LogP contribution < -0.4 is 11.2 Å². The largest absolute Gasteiger partial charge is 0.332 e. The van der Waals surface area contributed by atoms with Crippen LogP contribution in [0.4, 0.5) is 0 Å². The summed E-state index contributed by atoms with van der Waals surface area (Å²) in [6.45, 7) is 4.01. The average molecular weight is 310 g/mol. The van der Waals surface area contributed by atoms with Gasteiger partial charge in [0.2, 0.25) is 5.28 Å². The molecule has 0 fully saturated rings. The van der Waals surface area contributed by atoms with E-state index in [1.54, 1.807) is 4.57 Å². The number of imidazole rings is 1. The molecule has 7 nitrogen and oxygen atoms in total. The molecular weight excluding hydrogens is 294 g/mol. The minimum absolute atomic E-state index is 0.136.